The van der Waals surface area contributed by atoms with E-state index in [0.717, 1.165) is 11.3 Å². The lowest BCUT2D eigenvalue weighted by molar-refractivity contribution is -0.0974. The van der Waals surface area contributed by atoms with Gasteiger partial charge in [-0.15, -0.1) is 11.3 Å². The molecule has 0 aliphatic heterocycles. The van der Waals surface area contributed by atoms with E-state index in [2.05, 4.69) is 10.3 Å². The van der Waals surface area contributed by atoms with Crippen molar-refractivity contribution in [2.45, 2.75) is 6.29 Å². The Labute approximate surface area is 158 Å². The van der Waals surface area contributed by atoms with E-state index < -0.39 is 12.2 Å². The van der Waals surface area contributed by atoms with Crippen LogP contribution >= 0.6 is 11.3 Å². The van der Waals surface area contributed by atoms with E-state index in [1.54, 1.807) is 12.1 Å². The summed E-state index contributed by atoms with van der Waals surface area (Å²) in [5.41, 5.74) is 12.9. The van der Waals surface area contributed by atoms with Crippen molar-refractivity contribution in [3.05, 3.63) is 28.8 Å². The van der Waals surface area contributed by atoms with Gasteiger partial charge in [0, 0.05) is 19.6 Å². The first-order valence-electron chi connectivity index (χ1n) is 7.81. The summed E-state index contributed by atoms with van der Waals surface area (Å²) in [6, 6.07) is 5.41. The Morgan fingerprint density at radius 2 is 2.19 bits per heavy atom. The maximum absolute atomic E-state index is 12.6. The predicted molar refractivity (Wildman–Crippen MR) is 101 cm³/mol. The standard InChI is InChI=1S/C17H17N5O4S/c1-24-10(25-2)7-21-16(23)14-13(19)12-11(9-4-3-5-26-9)8(6-18)15(20)22-17(12)27-14/h3-5,10H,7,19H2,1-2H3,(H2,20,22)(H,21,23). The van der Waals surface area contributed by atoms with Crippen molar-refractivity contribution in [2.75, 3.05) is 32.2 Å². The molecule has 3 aromatic heterocycles. The average molecular weight is 387 g/mol. The molecule has 3 rings (SSSR count). The summed E-state index contributed by atoms with van der Waals surface area (Å²) in [4.78, 5) is 17.5. The van der Waals surface area contributed by atoms with Gasteiger partial charge in [0.15, 0.2) is 6.29 Å². The lowest BCUT2D eigenvalue weighted by atomic mass is 10.0. The minimum atomic E-state index is -0.581. The van der Waals surface area contributed by atoms with Gasteiger partial charge in [0.25, 0.3) is 5.91 Å². The highest BCUT2D eigenvalue weighted by Gasteiger charge is 2.25. The Hall–Kier alpha value is -3.13. The van der Waals surface area contributed by atoms with E-state index in [1.807, 2.05) is 6.07 Å². The van der Waals surface area contributed by atoms with E-state index in [9.17, 15) is 10.1 Å². The quantitative estimate of drug-likeness (QED) is 0.543. The summed E-state index contributed by atoms with van der Waals surface area (Å²) in [6.45, 7) is 0.142. The number of amides is 1. The van der Waals surface area contributed by atoms with Crippen LogP contribution in [0, 0.1) is 11.3 Å². The number of rotatable bonds is 6. The molecule has 0 saturated carbocycles. The Bertz CT molecular complexity index is 1020. The van der Waals surface area contributed by atoms with Crippen LogP contribution in [-0.2, 0) is 9.47 Å². The number of nitrogens with zero attached hydrogens (tertiary/aromatic N) is 2. The molecule has 0 aliphatic carbocycles. The maximum atomic E-state index is 12.6. The summed E-state index contributed by atoms with van der Waals surface area (Å²) in [6.07, 6.45) is 0.896. The zero-order valence-electron chi connectivity index (χ0n) is 14.6. The number of nitrogens with one attached hydrogen (secondary N) is 1. The summed E-state index contributed by atoms with van der Waals surface area (Å²) in [7, 11) is 2.94. The van der Waals surface area contributed by atoms with Crippen LogP contribution in [0.3, 0.4) is 0 Å². The summed E-state index contributed by atoms with van der Waals surface area (Å²) in [5.74, 6) is 0.0569. The number of pyridine rings is 1. The van der Waals surface area contributed by atoms with Crippen molar-refractivity contribution >= 4 is 39.0 Å². The molecule has 27 heavy (non-hydrogen) atoms. The Balaban J connectivity index is 2.11. The lowest BCUT2D eigenvalue weighted by Crippen LogP contribution is -2.34. The van der Waals surface area contributed by atoms with E-state index in [0.29, 0.717) is 21.5 Å². The number of methoxy groups -OCH3 is 2. The third-order valence-corrected chi connectivity index (χ3v) is 5.04. The maximum Gasteiger partial charge on any atom is 0.263 e. The number of nitrogens with two attached hydrogens (primary N) is 2. The monoisotopic (exact) mass is 387 g/mol. The average Bonchev–Trinajstić information content (AvgIpc) is 3.30. The van der Waals surface area contributed by atoms with Gasteiger partial charge in [-0.25, -0.2) is 4.98 Å². The molecule has 1 amide bonds. The molecule has 5 N–H and O–H groups in total. The predicted octanol–water partition coefficient (Wildman–Crippen LogP) is 1.94. The highest BCUT2D eigenvalue weighted by Crippen LogP contribution is 2.42. The van der Waals surface area contributed by atoms with Gasteiger partial charge in [0.2, 0.25) is 0 Å². The highest BCUT2D eigenvalue weighted by atomic mass is 32.1. The number of nitrogen functional groups attached to an aromatic ring is 2. The Morgan fingerprint density at radius 1 is 1.44 bits per heavy atom. The van der Waals surface area contributed by atoms with Gasteiger partial charge in [-0.3, -0.25) is 4.79 Å². The number of hydrogen-bond acceptors (Lipinski definition) is 9. The van der Waals surface area contributed by atoms with Crippen molar-refractivity contribution < 1.29 is 18.7 Å². The van der Waals surface area contributed by atoms with Crippen LogP contribution in [0.15, 0.2) is 22.8 Å². The van der Waals surface area contributed by atoms with E-state index in [4.69, 9.17) is 25.4 Å². The fraction of sp³-hybridized carbons (Fsp3) is 0.235. The van der Waals surface area contributed by atoms with Crippen LogP contribution in [0.4, 0.5) is 11.5 Å². The molecular formula is C17H17N5O4S. The molecule has 3 aromatic rings. The first kappa shape index (κ1) is 18.7. The van der Waals surface area contributed by atoms with Gasteiger partial charge in [-0.05, 0) is 12.1 Å². The van der Waals surface area contributed by atoms with Crippen LogP contribution in [0.2, 0.25) is 0 Å². The Morgan fingerprint density at radius 3 is 2.78 bits per heavy atom. The number of nitriles is 1. The first-order valence-corrected chi connectivity index (χ1v) is 8.62. The van der Waals surface area contributed by atoms with Gasteiger partial charge in [-0.2, -0.15) is 5.26 Å². The molecule has 0 bridgehead atoms. The first-order chi connectivity index (χ1) is 13.0. The summed E-state index contributed by atoms with van der Waals surface area (Å²) < 4.78 is 15.5. The molecule has 140 valence electrons. The second-order valence-corrected chi connectivity index (χ2v) is 6.47. The third kappa shape index (κ3) is 3.31. The van der Waals surface area contributed by atoms with Gasteiger partial charge >= 0.3 is 0 Å². The van der Waals surface area contributed by atoms with Crippen molar-refractivity contribution in [2.24, 2.45) is 0 Å². The van der Waals surface area contributed by atoms with Crippen LogP contribution in [0.5, 0.6) is 0 Å². The number of furan rings is 1. The number of thiophene rings is 1. The van der Waals surface area contributed by atoms with E-state index in [1.165, 1.54) is 20.5 Å². The molecule has 0 spiro atoms. The SMILES string of the molecule is COC(CNC(=O)c1sc2nc(N)c(C#N)c(-c3ccco3)c2c1N)OC. The zero-order valence-corrected chi connectivity index (χ0v) is 15.4. The molecular weight excluding hydrogens is 370 g/mol. The smallest absolute Gasteiger partial charge is 0.263 e. The van der Waals surface area contributed by atoms with Crippen molar-refractivity contribution in [3.8, 4) is 17.4 Å². The van der Waals surface area contributed by atoms with Gasteiger partial charge in [-0.1, -0.05) is 0 Å². The van der Waals surface area contributed by atoms with Crippen molar-refractivity contribution in [1.29, 1.82) is 5.26 Å². The van der Waals surface area contributed by atoms with Crippen LogP contribution in [0.25, 0.3) is 21.5 Å². The normalized spacial score (nSPS) is 11.0. The molecule has 3 heterocycles. The van der Waals surface area contributed by atoms with Crippen LogP contribution < -0.4 is 16.8 Å². The molecule has 0 aliphatic rings. The molecule has 0 aromatic carbocycles. The number of hydrogen-bond donors (Lipinski definition) is 3. The largest absolute Gasteiger partial charge is 0.464 e. The topological polar surface area (TPSA) is 149 Å². The van der Waals surface area contributed by atoms with Crippen molar-refractivity contribution in [3.63, 3.8) is 0 Å². The molecule has 10 heteroatoms. The third-order valence-electron chi connectivity index (χ3n) is 3.95. The molecule has 9 nitrogen and oxygen atoms in total. The van der Waals surface area contributed by atoms with Crippen molar-refractivity contribution in [1.82, 2.24) is 10.3 Å². The molecule has 0 unspecified atom stereocenters. The van der Waals surface area contributed by atoms with Gasteiger partial charge in [0.05, 0.1) is 24.1 Å². The lowest BCUT2D eigenvalue weighted by Gasteiger charge is -2.13. The highest BCUT2D eigenvalue weighted by molar-refractivity contribution is 7.21. The zero-order chi connectivity index (χ0) is 19.6. The van der Waals surface area contributed by atoms with E-state index in [-0.39, 0.29) is 28.5 Å². The second kappa shape index (κ2) is 7.63. The Kier molecular flexibility index (Phi) is 5.27. The van der Waals surface area contributed by atoms with Crippen LogP contribution in [-0.4, -0.2) is 37.9 Å². The number of carbonyl (C=O) groups is 1. The number of carbonyl (C=O) groups excluding carboxylic acids is 1. The summed E-state index contributed by atoms with van der Waals surface area (Å²) >= 11 is 1.08. The number of ether oxygens (including phenoxy) is 2. The fourth-order valence-corrected chi connectivity index (χ4v) is 3.67. The number of aromatic nitrogens is 1. The molecule has 0 atom stereocenters. The number of anilines is 2. The van der Waals surface area contributed by atoms with Crippen LogP contribution in [0.1, 0.15) is 15.2 Å². The summed E-state index contributed by atoms with van der Waals surface area (Å²) in [5, 5.41) is 12.7. The molecule has 0 radical (unpaired) electrons. The van der Waals surface area contributed by atoms with E-state index >= 15 is 0 Å². The second-order valence-electron chi connectivity index (χ2n) is 5.47. The number of fused-ring (bicyclic) bond motifs is 1. The molecule has 0 fully saturated rings. The van der Waals surface area contributed by atoms with Gasteiger partial charge in [0.1, 0.15) is 32.9 Å². The van der Waals surface area contributed by atoms with Gasteiger partial charge < -0.3 is 30.7 Å². The minimum Gasteiger partial charge on any atom is -0.464 e. The minimum absolute atomic E-state index is 0.0449. The molecule has 0 saturated heterocycles. The fourth-order valence-electron chi connectivity index (χ4n) is 2.64.